The van der Waals surface area contributed by atoms with E-state index in [2.05, 4.69) is 28.7 Å². The highest BCUT2D eigenvalue weighted by Gasteiger charge is 2.37. The van der Waals surface area contributed by atoms with Crippen LogP contribution >= 0.6 is 11.3 Å². The van der Waals surface area contributed by atoms with Crippen LogP contribution in [0.3, 0.4) is 0 Å². The molecule has 1 N–H and O–H groups in total. The summed E-state index contributed by atoms with van der Waals surface area (Å²) < 4.78 is 13.2. The first kappa shape index (κ1) is 26.0. The van der Waals surface area contributed by atoms with Crippen molar-refractivity contribution in [2.75, 3.05) is 45.0 Å². The molecule has 2 saturated heterocycles. The van der Waals surface area contributed by atoms with Crippen molar-refractivity contribution in [2.45, 2.75) is 40.2 Å². The average Bonchev–Trinajstić information content (AvgIpc) is 3.28. The highest BCUT2D eigenvalue weighted by Crippen LogP contribution is 2.34. The smallest absolute Gasteiger partial charge is 0.407 e. The lowest BCUT2D eigenvalue weighted by Gasteiger charge is -2.38. The number of carbonyl (C=O) groups excluding carboxylic acids is 1. The van der Waals surface area contributed by atoms with Crippen LogP contribution in [0.2, 0.25) is 0 Å². The lowest BCUT2D eigenvalue weighted by molar-refractivity contribution is 0.0344. The molecule has 2 aromatic heterocycles. The van der Waals surface area contributed by atoms with Gasteiger partial charge in [-0.25, -0.2) is 19.7 Å². The van der Waals surface area contributed by atoms with Gasteiger partial charge in [-0.05, 0) is 39.4 Å². The minimum atomic E-state index is -1.13. The number of thiazole rings is 1. The summed E-state index contributed by atoms with van der Waals surface area (Å²) in [5.41, 5.74) is 2.06. The zero-order chi connectivity index (χ0) is 26.5. The number of carbonyl (C=O) groups is 1. The molecule has 2 aliphatic rings. The number of hydrogen-bond acceptors (Lipinski definition) is 9. The number of nitrogens with zero attached hydrogens (tertiary/aromatic N) is 6. The number of aliphatic hydroxyl groups is 1. The zero-order valence-electron chi connectivity index (χ0n) is 22.2. The van der Waals surface area contributed by atoms with E-state index in [1.54, 1.807) is 36.0 Å². The van der Waals surface area contributed by atoms with E-state index in [1.165, 1.54) is 11.3 Å². The Labute approximate surface area is 221 Å². The number of aromatic nitrogens is 3. The summed E-state index contributed by atoms with van der Waals surface area (Å²) in [6, 6.07) is 3.95. The lowest BCUT2D eigenvalue weighted by Crippen LogP contribution is -2.56. The molecule has 2 fully saturated rings. The quantitative estimate of drug-likeness (QED) is 0.509. The predicted molar refractivity (Wildman–Crippen MR) is 145 cm³/mol. The molecular formula is C25H33BN6O4S. The Morgan fingerprint density at radius 3 is 2.43 bits per heavy atom. The van der Waals surface area contributed by atoms with Crippen LogP contribution in [0.25, 0.3) is 21.3 Å². The van der Waals surface area contributed by atoms with E-state index < -0.39 is 12.7 Å². The van der Waals surface area contributed by atoms with Gasteiger partial charge in [-0.15, -0.1) is 0 Å². The summed E-state index contributed by atoms with van der Waals surface area (Å²) in [6.45, 7) is 12.3. The van der Waals surface area contributed by atoms with E-state index in [0.29, 0.717) is 44.1 Å². The molecule has 5 rings (SSSR count). The van der Waals surface area contributed by atoms with Crippen molar-refractivity contribution in [1.82, 2.24) is 24.8 Å². The van der Waals surface area contributed by atoms with Gasteiger partial charge in [0.25, 0.3) is 0 Å². The van der Waals surface area contributed by atoms with E-state index in [1.807, 2.05) is 26.1 Å². The van der Waals surface area contributed by atoms with Crippen LogP contribution in [-0.2, 0) is 14.9 Å². The molecule has 3 aromatic rings. The monoisotopic (exact) mass is 524 g/mol. The van der Waals surface area contributed by atoms with Gasteiger partial charge in [0.15, 0.2) is 11.0 Å². The van der Waals surface area contributed by atoms with Crippen LogP contribution in [0.15, 0.2) is 24.5 Å². The van der Waals surface area contributed by atoms with Crippen LogP contribution in [0.4, 0.5) is 9.93 Å². The average molecular weight is 524 g/mol. The summed E-state index contributed by atoms with van der Waals surface area (Å²) in [5.74, 6) is 0.350. The predicted octanol–water partition coefficient (Wildman–Crippen LogP) is 2.86. The molecule has 196 valence electrons. The third kappa shape index (κ3) is 5.21. The standard InChI is InChI=1S/C25H33BN6O4S/c1-7-31-14-30(6)15-32(23(31)33)22-29-19-9-16(17-10-27-21(28-11-17)25(4,5)34)8-18(20(19)37-22)26-35-12-24(2,3)13-36-26/h8-11,34H,7,12-15H2,1-6H3. The van der Waals surface area contributed by atoms with Crippen LogP contribution in [-0.4, -0.2) is 83.2 Å². The lowest BCUT2D eigenvalue weighted by atomic mass is 9.75. The maximum absolute atomic E-state index is 13.1. The highest BCUT2D eigenvalue weighted by molar-refractivity contribution is 7.23. The number of amides is 2. The van der Waals surface area contributed by atoms with Gasteiger partial charge < -0.3 is 19.3 Å². The summed E-state index contributed by atoms with van der Waals surface area (Å²) in [6.07, 6.45) is 3.40. The molecule has 0 saturated carbocycles. The Hall–Kier alpha value is -2.64. The molecule has 0 radical (unpaired) electrons. The third-order valence-electron chi connectivity index (χ3n) is 6.45. The molecule has 10 nitrogen and oxygen atoms in total. The van der Waals surface area contributed by atoms with E-state index in [9.17, 15) is 9.90 Å². The molecule has 0 unspecified atom stereocenters. The van der Waals surface area contributed by atoms with Crippen LogP contribution in [0, 0.1) is 5.41 Å². The fraction of sp³-hybridized carbons (Fsp3) is 0.520. The van der Waals surface area contributed by atoms with Gasteiger partial charge >= 0.3 is 13.1 Å². The van der Waals surface area contributed by atoms with Crippen LogP contribution in [0.1, 0.15) is 40.4 Å². The molecule has 2 amide bonds. The van der Waals surface area contributed by atoms with Gasteiger partial charge in [-0.3, -0.25) is 9.80 Å². The molecule has 1 aromatic carbocycles. The maximum atomic E-state index is 13.1. The topological polar surface area (TPSA) is 104 Å². The van der Waals surface area contributed by atoms with Gasteiger partial charge in [0.2, 0.25) is 0 Å². The minimum absolute atomic E-state index is 0.0519. The number of urea groups is 1. The summed E-state index contributed by atoms with van der Waals surface area (Å²) in [4.78, 5) is 32.4. The summed E-state index contributed by atoms with van der Waals surface area (Å²) in [7, 11) is 1.44. The molecule has 0 bridgehead atoms. The molecule has 37 heavy (non-hydrogen) atoms. The fourth-order valence-corrected chi connectivity index (χ4v) is 5.47. The molecule has 0 spiro atoms. The normalized spacial score (nSPS) is 19.2. The first-order valence-corrected chi connectivity index (χ1v) is 13.2. The minimum Gasteiger partial charge on any atom is -0.407 e. The van der Waals surface area contributed by atoms with Crippen molar-refractivity contribution in [2.24, 2.45) is 5.41 Å². The summed E-state index contributed by atoms with van der Waals surface area (Å²) in [5, 5.41) is 10.9. The first-order chi connectivity index (χ1) is 17.4. The second-order valence-corrected chi connectivity index (χ2v) is 12.1. The van der Waals surface area contributed by atoms with E-state index in [-0.39, 0.29) is 11.4 Å². The fourth-order valence-electron chi connectivity index (χ4n) is 4.42. The summed E-state index contributed by atoms with van der Waals surface area (Å²) >= 11 is 1.47. The molecule has 0 aliphatic carbocycles. The van der Waals surface area contributed by atoms with Gasteiger partial charge in [0.1, 0.15) is 5.60 Å². The Balaban J connectivity index is 1.59. The van der Waals surface area contributed by atoms with Gasteiger partial charge in [-0.2, -0.15) is 0 Å². The Bertz CT molecular complexity index is 1300. The number of fused-ring (bicyclic) bond motifs is 1. The highest BCUT2D eigenvalue weighted by atomic mass is 32.1. The van der Waals surface area contributed by atoms with Gasteiger partial charge in [0.05, 0.1) is 23.6 Å². The van der Waals surface area contributed by atoms with Crippen molar-refractivity contribution in [3.05, 3.63) is 30.4 Å². The van der Waals surface area contributed by atoms with Crippen molar-refractivity contribution in [1.29, 1.82) is 0 Å². The number of hydrogen-bond donors (Lipinski definition) is 1. The van der Waals surface area contributed by atoms with Crippen molar-refractivity contribution >= 4 is 45.3 Å². The molecule has 2 aliphatic heterocycles. The number of rotatable bonds is 5. The second kappa shape index (κ2) is 9.59. The first-order valence-electron chi connectivity index (χ1n) is 12.4. The number of anilines is 1. The number of benzene rings is 1. The molecule has 12 heteroatoms. The van der Waals surface area contributed by atoms with Crippen LogP contribution < -0.4 is 10.4 Å². The van der Waals surface area contributed by atoms with Gasteiger partial charge in [0, 0.05) is 48.6 Å². The van der Waals surface area contributed by atoms with Crippen molar-refractivity contribution < 1.29 is 19.2 Å². The molecule has 4 heterocycles. The zero-order valence-corrected chi connectivity index (χ0v) is 23.0. The van der Waals surface area contributed by atoms with Crippen LogP contribution in [0.5, 0.6) is 0 Å². The van der Waals surface area contributed by atoms with E-state index in [4.69, 9.17) is 14.3 Å². The molecular weight excluding hydrogens is 491 g/mol. The Morgan fingerprint density at radius 2 is 1.81 bits per heavy atom. The molecule has 0 atom stereocenters. The van der Waals surface area contributed by atoms with E-state index in [0.717, 1.165) is 26.8 Å². The van der Waals surface area contributed by atoms with Crippen molar-refractivity contribution in [3.63, 3.8) is 0 Å². The largest absolute Gasteiger partial charge is 0.495 e. The van der Waals surface area contributed by atoms with E-state index >= 15 is 0 Å². The van der Waals surface area contributed by atoms with Crippen molar-refractivity contribution in [3.8, 4) is 11.1 Å². The maximum Gasteiger partial charge on any atom is 0.495 e. The third-order valence-corrected chi connectivity index (χ3v) is 7.60. The Morgan fingerprint density at radius 1 is 1.14 bits per heavy atom. The second-order valence-electron chi connectivity index (χ2n) is 11.1. The SMILES string of the molecule is CCN1CN(C)CN(c2nc3cc(-c4cnc(C(C)(C)O)nc4)cc(B4OCC(C)(C)CO4)c3s2)C1=O. The Kier molecular flexibility index (Phi) is 6.74. The van der Waals surface area contributed by atoms with Gasteiger partial charge in [-0.1, -0.05) is 31.3 Å².